The van der Waals surface area contributed by atoms with Crippen molar-refractivity contribution < 1.29 is 13.9 Å². The lowest BCUT2D eigenvalue weighted by Crippen LogP contribution is -2.30. The third kappa shape index (κ3) is 2.57. The summed E-state index contributed by atoms with van der Waals surface area (Å²) in [5.74, 6) is 0.620. The second-order valence-electron chi connectivity index (χ2n) is 4.81. The normalized spacial score (nSPS) is 46.7. The van der Waals surface area contributed by atoms with Crippen LogP contribution in [-0.4, -0.2) is 23.6 Å². The number of allylic oxidation sites excluding steroid dienone is 2. The highest BCUT2D eigenvalue weighted by atomic mass is 19.2. The zero-order valence-electron chi connectivity index (χ0n) is 8.78. The molecule has 0 aliphatic heterocycles. The van der Waals surface area contributed by atoms with Crippen molar-refractivity contribution in [2.75, 3.05) is 0 Å². The fraction of sp³-hybridized carbons (Fsp3) is 0.833. The third-order valence-corrected chi connectivity index (χ3v) is 3.73. The molecule has 2 rings (SSSR count). The maximum atomic E-state index is 13.2. The summed E-state index contributed by atoms with van der Waals surface area (Å²) in [7, 11) is 0. The topological polar surface area (TPSA) is 20.2 Å². The van der Waals surface area contributed by atoms with E-state index in [1.54, 1.807) is 0 Å². The Bertz CT molecular complexity index is 234. The zero-order chi connectivity index (χ0) is 10.8. The lowest BCUT2D eigenvalue weighted by Gasteiger charge is -2.33. The molecule has 2 aliphatic carbocycles. The van der Waals surface area contributed by atoms with Crippen LogP contribution in [0.2, 0.25) is 0 Å². The number of aliphatic hydroxyl groups is 1. The first-order valence-corrected chi connectivity index (χ1v) is 5.81. The average molecular weight is 216 g/mol. The van der Waals surface area contributed by atoms with E-state index in [9.17, 15) is 13.9 Å². The zero-order valence-corrected chi connectivity index (χ0v) is 8.78. The van der Waals surface area contributed by atoms with E-state index in [-0.39, 0.29) is 12.0 Å². The number of halogens is 2. The number of alkyl halides is 2. The lowest BCUT2D eigenvalue weighted by atomic mass is 9.75. The molecule has 2 aliphatic rings. The van der Waals surface area contributed by atoms with Crippen LogP contribution in [0.1, 0.15) is 32.1 Å². The van der Waals surface area contributed by atoms with Gasteiger partial charge in [-0.25, -0.2) is 8.78 Å². The van der Waals surface area contributed by atoms with E-state index in [0.717, 1.165) is 25.7 Å². The summed E-state index contributed by atoms with van der Waals surface area (Å²) < 4.78 is 26.1. The van der Waals surface area contributed by atoms with Crippen molar-refractivity contribution >= 4 is 0 Å². The standard InChI is InChI=1S/C12H18F2O/c13-11-6-3-9(7-12(11)14)8-1-4-10(15)5-2-8/h3,6,8-12,15H,1-2,4-5,7H2. The van der Waals surface area contributed by atoms with Crippen LogP contribution in [0, 0.1) is 11.8 Å². The average Bonchev–Trinajstić information content (AvgIpc) is 2.23. The third-order valence-electron chi connectivity index (χ3n) is 3.73. The van der Waals surface area contributed by atoms with Gasteiger partial charge in [0.25, 0.3) is 0 Å². The van der Waals surface area contributed by atoms with Gasteiger partial charge in [0.1, 0.15) is 12.3 Å². The fourth-order valence-corrected chi connectivity index (χ4v) is 2.72. The van der Waals surface area contributed by atoms with Crippen LogP contribution in [0.4, 0.5) is 8.78 Å². The van der Waals surface area contributed by atoms with Gasteiger partial charge in [0.05, 0.1) is 6.10 Å². The highest BCUT2D eigenvalue weighted by molar-refractivity contribution is 5.04. The first-order valence-electron chi connectivity index (χ1n) is 5.81. The molecule has 0 aromatic carbocycles. The summed E-state index contributed by atoms with van der Waals surface area (Å²) in [6, 6.07) is 0. The SMILES string of the molecule is OC1CCC(C2C=CC(F)C(F)C2)CC1. The van der Waals surface area contributed by atoms with E-state index in [2.05, 4.69) is 0 Å². The van der Waals surface area contributed by atoms with Crippen LogP contribution in [-0.2, 0) is 0 Å². The van der Waals surface area contributed by atoms with E-state index >= 15 is 0 Å². The lowest BCUT2D eigenvalue weighted by molar-refractivity contribution is 0.0822. The van der Waals surface area contributed by atoms with Crippen LogP contribution in [0.25, 0.3) is 0 Å². The molecule has 1 N–H and O–H groups in total. The maximum Gasteiger partial charge on any atom is 0.149 e. The minimum Gasteiger partial charge on any atom is -0.393 e. The molecule has 0 heterocycles. The Labute approximate surface area is 89.2 Å². The minimum absolute atomic E-state index is 0.177. The summed E-state index contributed by atoms with van der Waals surface area (Å²) in [5, 5.41) is 9.37. The van der Waals surface area contributed by atoms with Crippen molar-refractivity contribution in [2.24, 2.45) is 11.8 Å². The molecule has 0 radical (unpaired) electrons. The Morgan fingerprint density at radius 1 is 1.00 bits per heavy atom. The Morgan fingerprint density at radius 2 is 1.67 bits per heavy atom. The summed E-state index contributed by atoms with van der Waals surface area (Å²) in [6.07, 6.45) is 4.12. The molecule has 0 aromatic heterocycles. The smallest absolute Gasteiger partial charge is 0.149 e. The van der Waals surface area contributed by atoms with Crippen molar-refractivity contribution in [3.05, 3.63) is 12.2 Å². The number of rotatable bonds is 1. The molecule has 0 spiro atoms. The Hall–Kier alpha value is -0.440. The van der Waals surface area contributed by atoms with E-state index in [4.69, 9.17) is 0 Å². The fourth-order valence-electron chi connectivity index (χ4n) is 2.72. The molecule has 0 aromatic rings. The van der Waals surface area contributed by atoms with E-state index < -0.39 is 12.3 Å². The van der Waals surface area contributed by atoms with Gasteiger partial charge in [-0.2, -0.15) is 0 Å². The Kier molecular flexibility index (Phi) is 3.39. The van der Waals surface area contributed by atoms with Crippen LogP contribution in [0.5, 0.6) is 0 Å². The second-order valence-corrected chi connectivity index (χ2v) is 4.81. The maximum absolute atomic E-state index is 13.2. The van der Waals surface area contributed by atoms with E-state index in [1.165, 1.54) is 6.08 Å². The second kappa shape index (κ2) is 4.60. The largest absolute Gasteiger partial charge is 0.393 e. The van der Waals surface area contributed by atoms with Gasteiger partial charge in [-0.3, -0.25) is 0 Å². The van der Waals surface area contributed by atoms with Gasteiger partial charge in [-0.05, 0) is 43.9 Å². The molecule has 1 saturated carbocycles. The summed E-state index contributed by atoms with van der Waals surface area (Å²) in [6.45, 7) is 0. The first kappa shape index (κ1) is 11.1. The van der Waals surface area contributed by atoms with Gasteiger partial charge in [0.2, 0.25) is 0 Å². The number of aliphatic hydroxyl groups excluding tert-OH is 1. The molecule has 0 saturated heterocycles. The van der Waals surface area contributed by atoms with Gasteiger partial charge in [0, 0.05) is 0 Å². The molecule has 0 bridgehead atoms. The van der Waals surface area contributed by atoms with Crippen molar-refractivity contribution in [1.29, 1.82) is 0 Å². The van der Waals surface area contributed by atoms with E-state index in [0.29, 0.717) is 12.3 Å². The molecular weight excluding hydrogens is 198 g/mol. The monoisotopic (exact) mass is 216 g/mol. The van der Waals surface area contributed by atoms with Crippen molar-refractivity contribution in [3.63, 3.8) is 0 Å². The van der Waals surface area contributed by atoms with Crippen molar-refractivity contribution in [1.82, 2.24) is 0 Å². The molecule has 0 amide bonds. The van der Waals surface area contributed by atoms with Crippen LogP contribution in [0.3, 0.4) is 0 Å². The minimum atomic E-state index is -1.41. The van der Waals surface area contributed by atoms with Gasteiger partial charge < -0.3 is 5.11 Å². The first-order chi connectivity index (χ1) is 7.16. The quantitative estimate of drug-likeness (QED) is 0.668. The van der Waals surface area contributed by atoms with Gasteiger partial charge in [-0.1, -0.05) is 12.2 Å². The molecule has 86 valence electrons. The van der Waals surface area contributed by atoms with E-state index in [1.807, 2.05) is 6.08 Å². The predicted octanol–water partition coefficient (Wildman–Crippen LogP) is 2.79. The van der Waals surface area contributed by atoms with Gasteiger partial charge in [0.15, 0.2) is 0 Å². The molecule has 3 unspecified atom stereocenters. The molecule has 1 nitrogen and oxygen atoms in total. The van der Waals surface area contributed by atoms with Gasteiger partial charge in [-0.15, -0.1) is 0 Å². The number of hydrogen-bond acceptors (Lipinski definition) is 1. The molecule has 3 atom stereocenters. The summed E-state index contributed by atoms with van der Waals surface area (Å²) >= 11 is 0. The highest BCUT2D eigenvalue weighted by Gasteiger charge is 2.32. The number of hydrogen-bond donors (Lipinski definition) is 1. The van der Waals surface area contributed by atoms with Crippen LogP contribution >= 0.6 is 0 Å². The summed E-state index contributed by atoms with van der Waals surface area (Å²) in [5.41, 5.74) is 0. The van der Waals surface area contributed by atoms with Crippen molar-refractivity contribution in [3.8, 4) is 0 Å². The Morgan fingerprint density at radius 3 is 2.27 bits per heavy atom. The highest BCUT2D eigenvalue weighted by Crippen LogP contribution is 2.36. The molecule has 3 heteroatoms. The van der Waals surface area contributed by atoms with Crippen molar-refractivity contribution in [2.45, 2.75) is 50.6 Å². The molecular formula is C12H18F2O. The molecule has 1 fully saturated rings. The van der Waals surface area contributed by atoms with Crippen LogP contribution in [0.15, 0.2) is 12.2 Å². The van der Waals surface area contributed by atoms with Gasteiger partial charge >= 0.3 is 0 Å². The Balaban J connectivity index is 1.92. The molecule has 15 heavy (non-hydrogen) atoms. The predicted molar refractivity (Wildman–Crippen MR) is 55.0 cm³/mol. The van der Waals surface area contributed by atoms with Crippen LogP contribution < -0.4 is 0 Å². The summed E-state index contributed by atoms with van der Waals surface area (Å²) in [4.78, 5) is 0.